The molecule has 0 spiro atoms. The van der Waals surface area contributed by atoms with E-state index in [1.54, 1.807) is 30.3 Å². The lowest BCUT2D eigenvalue weighted by Crippen LogP contribution is -2.13. The van der Waals surface area contributed by atoms with Crippen molar-refractivity contribution >= 4 is 38.9 Å². The Hall–Kier alpha value is -3.03. The molecule has 0 bridgehead atoms. The van der Waals surface area contributed by atoms with Gasteiger partial charge in [0, 0.05) is 16.3 Å². The number of amides is 1. The van der Waals surface area contributed by atoms with Gasteiger partial charge < -0.3 is 10.1 Å². The van der Waals surface area contributed by atoms with E-state index in [4.69, 9.17) is 16.3 Å². The monoisotopic (exact) mass is 416 g/mol. The number of halogens is 1. The Morgan fingerprint density at radius 3 is 2.29 bits per heavy atom. The van der Waals surface area contributed by atoms with Gasteiger partial charge in [-0.3, -0.25) is 9.52 Å². The molecule has 8 heteroatoms. The first-order chi connectivity index (χ1) is 13.3. The van der Waals surface area contributed by atoms with Gasteiger partial charge in [-0.15, -0.1) is 0 Å². The lowest BCUT2D eigenvalue weighted by molar-refractivity contribution is 0.102. The normalized spacial score (nSPS) is 10.9. The van der Waals surface area contributed by atoms with Gasteiger partial charge in [0.1, 0.15) is 5.75 Å². The van der Waals surface area contributed by atoms with Crippen LogP contribution >= 0.6 is 11.6 Å². The molecule has 0 saturated heterocycles. The summed E-state index contributed by atoms with van der Waals surface area (Å²) < 4.78 is 30.7. The third-order valence-electron chi connectivity index (χ3n) is 3.61. The molecular formula is C20H17ClN2O4S. The van der Waals surface area contributed by atoms with E-state index in [0.29, 0.717) is 33.5 Å². The zero-order valence-electron chi connectivity index (χ0n) is 14.8. The van der Waals surface area contributed by atoms with E-state index in [0.717, 1.165) is 6.26 Å². The summed E-state index contributed by atoms with van der Waals surface area (Å²) in [4.78, 5) is 12.6. The van der Waals surface area contributed by atoms with Crippen LogP contribution in [0.2, 0.25) is 5.02 Å². The number of hydrogen-bond donors (Lipinski definition) is 2. The molecule has 3 aromatic rings. The van der Waals surface area contributed by atoms with Crippen LogP contribution in [0.5, 0.6) is 11.5 Å². The predicted molar refractivity (Wildman–Crippen MR) is 111 cm³/mol. The maximum Gasteiger partial charge on any atom is 0.255 e. The van der Waals surface area contributed by atoms with E-state index in [2.05, 4.69) is 10.0 Å². The second kappa shape index (κ2) is 8.33. The van der Waals surface area contributed by atoms with Gasteiger partial charge in [-0.1, -0.05) is 29.8 Å². The highest BCUT2D eigenvalue weighted by molar-refractivity contribution is 7.92. The molecule has 3 aromatic carbocycles. The Bertz CT molecular complexity index is 1080. The van der Waals surface area contributed by atoms with Crippen molar-refractivity contribution in [1.29, 1.82) is 0 Å². The van der Waals surface area contributed by atoms with Crippen LogP contribution < -0.4 is 14.8 Å². The number of benzene rings is 3. The van der Waals surface area contributed by atoms with Gasteiger partial charge in [-0.05, 0) is 54.6 Å². The van der Waals surface area contributed by atoms with Crippen molar-refractivity contribution in [1.82, 2.24) is 0 Å². The van der Waals surface area contributed by atoms with Gasteiger partial charge in [0.05, 0.1) is 11.9 Å². The molecule has 144 valence electrons. The minimum absolute atomic E-state index is 0.352. The summed E-state index contributed by atoms with van der Waals surface area (Å²) in [5.41, 5.74) is 1.14. The molecule has 0 aliphatic rings. The fourth-order valence-corrected chi connectivity index (χ4v) is 3.14. The third-order valence-corrected chi connectivity index (χ3v) is 4.45. The molecule has 0 radical (unpaired) electrons. The third kappa shape index (κ3) is 5.48. The molecule has 0 saturated carbocycles. The lowest BCUT2D eigenvalue weighted by atomic mass is 10.2. The van der Waals surface area contributed by atoms with Crippen LogP contribution in [0.3, 0.4) is 0 Å². The van der Waals surface area contributed by atoms with E-state index >= 15 is 0 Å². The zero-order chi connectivity index (χ0) is 20.1. The van der Waals surface area contributed by atoms with E-state index in [-0.39, 0.29) is 5.91 Å². The predicted octanol–water partition coefficient (Wildman–Crippen LogP) is 4.76. The Labute approximate surface area is 168 Å². The zero-order valence-corrected chi connectivity index (χ0v) is 16.4. The first-order valence-electron chi connectivity index (χ1n) is 8.22. The Kier molecular flexibility index (Phi) is 5.87. The van der Waals surface area contributed by atoms with Crippen LogP contribution in [0.15, 0.2) is 72.8 Å². The second-order valence-electron chi connectivity index (χ2n) is 5.96. The number of hydrogen-bond acceptors (Lipinski definition) is 4. The van der Waals surface area contributed by atoms with Crippen LogP contribution in [0.25, 0.3) is 0 Å². The fourth-order valence-electron chi connectivity index (χ4n) is 2.40. The fraction of sp³-hybridized carbons (Fsp3) is 0.0500. The number of carbonyl (C=O) groups is 1. The molecule has 3 rings (SSSR count). The summed E-state index contributed by atoms with van der Waals surface area (Å²) in [6, 6.07) is 20.1. The molecule has 0 fully saturated rings. The molecule has 0 heterocycles. The molecule has 6 nitrogen and oxygen atoms in total. The Morgan fingerprint density at radius 1 is 0.964 bits per heavy atom. The largest absolute Gasteiger partial charge is 0.455 e. The average Bonchev–Trinajstić information content (AvgIpc) is 2.64. The van der Waals surface area contributed by atoms with Gasteiger partial charge in [-0.2, -0.15) is 0 Å². The summed E-state index contributed by atoms with van der Waals surface area (Å²) in [6.45, 7) is 0. The van der Waals surface area contributed by atoms with Crippen molar-refractivity contribution < 1.29 is 17.9 Å². The minimum Gasteiger partial charge on any atom is -0.455 e. The molecule has 1 amide bonds. The van der Waals surface area contributed by atoms with Crippen molar-refractivity contribution in [2.45, 2.75) is 0 Å². The summed E-state index contributed by atoms with van der Waals surface area (Å²) in [7, 11) is -3.38. The number of ether oxygens (including phenoxy) is 1. The van der Waals surface area contributed by atoms with Crippen LogP contribution in [0.1, 0.15) is 10.4 Å². The highest BCUT2D eigenvalue weighted by atomic mass is 35.5. The maximum absolute atomic E-state index is 12.6. The van der Waals surface area contributed by atoms with Crippen molar-refractivity contribution in [3.05, 3.63) is 83.4 Å². The highest BCUT2D eigenvalue weighted by Gasteiger charge is 2.12. The SMILES string of the molecule is CS(=O)(=O)Nc1ccc(C(=O)Nc2cc(Cl)ccc2Oc2ccccc2)cc1. The van der Waals surface area contributed by atoms with Crippen molar-refractivity contribution in [3.63, 3.8) is 0 Å². The molecule has 0 atom stereocenters. The van der Waals surface area contributed by atoms with Crippen LogP contribution in [0, 0.1) is 0 Å². The van der Waals surface area contributed by atoms with Gasteiger partial charge in [-0.25, -0.2) is 8.42 Å². The molecule has 28 heavy (non-hydrogen) atoms. The van der Waals surface area contributed by atoms with E-state index in [9.17, 15) is 13.2 Å². The molecular weight excluding hydrogens is 400 g/mol. The van der Waals surface area contributed by atoms with Crippen LogP contribution in [-0.4, -0.2) is 20.6 Å². The number of rotatable bonds is 6. The Balaban J connectivity index is 1.79. The van der Waals surface area contributed by atoms with E-state index in [1.807, 2.05) is 18.2 Å². The summed E-state index contributed by atoms with van der Waals surface area (Å²) in [5.74, 6) is 0.682. The average molecular weight is 417 g/mol. The first-order valence-corrected chi connectivity index (χ1v) is 10.5. The number of sulfonamides is 1. The highest BCUT2D eigenvalue weighted by Crippen LogP contribution is 2.32. The number of anilines is 2. The minimum atomic E-state index is -3.38. The van der Waals surface area contributed by atoms with Crippen molar-refractivity contribution in [2.75, 3.05) is 16.3 Å². The van der Waals surface area contributed by atoms with E-state index in [1.165, 1.54) is 24.3 Å². The summed E-state index contributed by atoms with van der Waals surface area (Å²) in [5, 5.41) is 3.22. The maximum atomic E-state index is 12.6. The van der Waals surface area contributed by atoms with Gasteiger partial charge in [0.25, 0.3) is 5.91 Å². The molecule has 2 N–H and O–H groups in total. The number of nitrogens with one attached hydrogen (secondary N) is 2. The van der Waals surface area contributed by atoms with E-state index < -0.39 is 10.0 Å². The van der Waals surface area contributed by atoms with Crippen molar-refractivity contribution in [3.8, 4) is 11.5 Å². The number of para-hydroxylation sites is 1. The molecule has 0 aromatic heterocycles. The smallest absolute Gasteiger partial charge is 0.255 e. The molecule has 0 aliphatic carbocycles. The first kappa shape index (κ1) is 19.7. The van der Waals surface area contributed by atoms with Crippen molar-refractivity contribution in [2.24, 2.45) is 0 Å². The van der Waals surface area contributed by atoms with Gasteiger partial charge >= 0.3 is 0 Å². The summed E-state index contributed by atoms with van der Waals surface area (Å²) in [6.07, 6.45) is 1.06. The quantitative estimate of drug-likeness (QED) is 0.607. The summed E-state index contributed by atoms with van der Waals surface area (Å²) >= 11 is 6.06. The lowest BCUT2D eigenvalue weighted by Gasteiger charge is -2.13. The van der Waals surface area contributed by atoms with Crippen LogP contribution in [-0.2, 0) is 10.0 Å². The topological polar surface area (TPSA) is 84.5 Å². The van der Waals surface area contributed by atoms with Gasteiger partial charge in [0.15, 0.2) is 5.75 Å². The van der Waals surface area contributed by atoms with Crippen LogP contribution in [0.4, 0.5) is 11.4 Å². The standard InChI is InChI=1S/C20H17ClN2O4S/c1-28(25,26)23-16-10-7-14(8-11-16)20(24)22-18-13-15(21)9-12-19(18)27-17-5-3-2-4-6-17/h2-13,23H,1H3,(H,22,24). The molecule has 0 unspecified atom stereocenters. The molecule has 0 aliphatic heterocycles. The second-order valence-corrected chi connectivity index (χ2v) is 8.15. The Morgan fingerprint density at radius 2 is 1.64 bits per heavy atom. The van der Waals surface area contributed by atoms with Gasteiger partial charge in [0.2, 0.25) is 10.0 Å². The number of carbonyl (C=O) groups excluding carboxylic acids is 1.